The first kappa shape index (κ1) is 16.9. The van der Waals surface area contributed by atoms with Crippen LogP contribution in [0, 0.1) is 0 Å². The van der Waals surface area contributed by atoms with Crippen LogP contribution < -0.4 is 9.80 Å². The molecule has 1 fully saturated rings. The van der Waals surface area contributed by atoms with E-state index >= 15 is 0 Å². The number of piperazine rings is 1. The van der Waals surface area contributed by atoms with E-state index < -0.39 is 0 Å². The van der Waals surface area contributed by atoms with Gasteiger partial charge in [-0.2, -0.15) is 0 Å². The molecule has 1 saturated heterocycles. The predicted molar refractivity (Wildman–Crippen MR) is 95.7 cm³/mol. The number of hydrogen-bond donors (Lipinski definition) is 0. The smallest absolute Gasteiger partial charge is 0.276 e. The van der Waals surface area contributed by atoms with Crippen LogP contribution in [-0.2, 0) is 4.79 Å². The molecule has 0 atom stereocenters. The van der Waals surface area contributed by atoms with Crippen LogP contribution in [0.4, 0.5) is 11.5 Å². The minimum atomic E-state index is -0.183. The number of hydrogen-bond acceptors (Lipinski definition) is 5. The van der Waals surface area contributed by atoms with Gasteiger partial charge in [-0.15, -0.1) is 0 Å². The Labute approximate surface area is 146 Å². The van der Waals surface area contributed by atoms with E-state index in [0.717, 1.165) is 5.69 Å². The topological polar surface area (TPSA) is 69.6 Å². The third-order valence-electron chi connectivity index (χ3n) is 4.37. The molecule has 7 heteroatoms. The van der Waals surface area contributed by atoms with Crippen LogP contribution in [0.2, 0.25) is 0 Å². The van der Waals surface area contributed by atoms with E-state index in [-0.39, 0.29) is 11.8 Å². The lowest BCUT2D eigenvalue weighted by Crippen LogP contribution is -2.48. The predicted octanol–water partition coefficient (Wildman–Crippen LogP) is 1.42. The first-order valence-corrected chi connectivity index (χ1v) is 8.22. The molecule has 1 aromatic carbocycles. The van der Waals surface area contributed by atoms with Gasteiger partial charge in [0.1, 0.15) is 17.8 Å². The standard InChI is InChI=1S/C18H21N5O2/c1-14(24)22-8-10-23(11-9-22)17-12-16(19-13-20-17)18(25)21(2)15-6-4-3-5-7-15/h3-7,12-13H,8-11H2,1-2H3. The number of nitrogens with zero attached hydrogens (tertiary/aromatic N) is 5. The van der Waals surface area contributed by atoms with Gasteiger partial charge in [0.15, 0.2) is 0 Å². The van der Waals surface area contributed by atoms with E-state index in [1.54, 1.807) is 24.9 Å². The van der Waals surface area contributed by atoms with Gasteiger partial charge in [-0.05, 0) is 12.1 Å². The van der Waals surface area contributed by atoms with Crippen LogP contribution in [0.5, 0.6) is 0 Å². The van der Waals surface area contributed by atoms with Crippen LogP contribution >= 0.6 is 0 Å². The maximum Gasteiger partial charge on any atom is 0.276 e. The maximum absolute atomic E-state index is 12.7. The van der Waals surface area contributed by atoms with Crippen molar-refractivity contribution in [1.82, 2.24) is 14.9 Å². The van der Waals surface area contributed by atoms with Crippen LogP contribution in [0.25, 0.3) is 0 Å². The molecule has 2 aromatic rings. The quantitative estimate of drug-likeness (QED) is 0.846. The first-order valence-electron chi connectivity index (χ1n) is 8.22. The fourth-order valence-corrected chi connectivity index (χ4v) is 2.83. The molecule has 1 aliphatic rings. The lowest BCUT2D eigenvalue weighted by Gasteiger charge is -2.34. The number of carbonyl (C=O) groups excluding carboxylic acids is 2. The van der Waals surface area contributed by atoms with E-state index in [1.165, 1.54) is 6.33 Å². The summed E-state index contributed by atoms with van der Waals surface area (Å²) in [5.74, 6) is 0.614. The molecule has 25 heavy (non-hydrogen) atoms. The van der Waals surface area contributed by atoms with Crippen molar-refractivity contribution in [3.63, 3.8) is 0 Å². The maximum atomic E-state index is 12.7. The fraction of sp³-hybridized carbons (Fsp3) is 0.333. The van der Waals surface area contributed by atoms with Crippen molar-refractivity contribution in [2.24, 2.45) is 0 Å². The summed E-state index contributed by atoms with van der Waals surface area (Å²) < 4.78 is 0. The molecule has 2 amide bonds. The molecule has 0 saturated carbocycles. The van der Waals surface area contributed by atoms with Gasteiger partial charge >= 0.3 is 0 Å². The Bertz CT molecular complexity index is 757. The number of aromatic nitrogens is 2. The summed E-state index contributed by atoms with van der Waals surface area (Å²) in [6.07, 6.45) is 1.42. The molecule has 0 spiro atoms. The zero-order chi connectivity index (χ0) is 17.8. The summed E-state index contributed by atoms with van der Waals surface area (Å²) in [4.78, 5) is 38.0. The van der Waals surface area contributed by atoms with Crippen LogP contribution in [0.1, 0.15) is 17.4 Å². The molecule has 0 radical (unpaired) electrons. The molecule has 0 N–H and O–H groups in total. The summed E-state index contributed by atoms with van der Waals surface area (Å²) in [6.45, 7) is 4.28. The highest BCUT2D eigenvalue weighted by atomic mass is 16.2. The van der Waals surface area contributed by atoms with E-state index in [4.69, 9.17) is 0 Å². The molecule has 1 aliphatic heterocycles. The minimum absolute atomic E-state index is 0.0858. The SMILES string of the molecule is CC(=O)N1CCN(c2cc(C(=O)N(C)c3ccccc3)ncn2)CC1. The van der Waals surface area contributed by atoms with Crippen molar-refractivity contribution in [1.29, 1.82) is 0 Å². The number of benzene rings is 1. The van der Waals surface area contributed by atoms with Crippen molar-refractivity contribution in [3.05, 3.63) is 48.4 Å². The Morgan fingerprint density at radius 1 is 1.04 bits per heavy atom. The highest BCUT2D eigenvalue weighted by Gasteiger charge is 2.21. The van der Waals surface area contributed by atoms with E-state index in [0.29, 0.717) is 37.7 Å². The fourth-order valence-electron chi connectivity index (χ4n) is 2.83. The Morgan fingerprint density at radius 3 is 2.36 bits per heavy atom. The highest BCUT2D eigenvalue weighted by Crippen LogP contribution is 2.17. The molecule has 3 rings (SSSR count). The average Bonchev–Trinajstić information content (AvgIpc) is 2.67. The number of amides is 2. The first-order chi connectivity index (χ1) is 12.1. The molecule has 0 unspecified atom stereocenters. The minimum Gasteiger partial charge on any atom is -0.353 e. The second kappa shape index (κ2) is 7.29. The van der Waals surface area contributed by atoms with Crippen LogP contribution in [0.3, 0.4) is 0 Å². The van der Waals surface area contributed by atoms with Gasteiger partial charge in [-0.3, -0.25) is 9.59 Å². The molecular formula is C18H21N5O2. The Hall–Kier alpha value is -2.96. The van der Waals surface area contributed by atoms with Gasteiger partial charge in [-0.1, -0.05) is 18.2 Å². The monoisotopic (exact) mass is 339 g/mol. The van der Waals surface area contributed by atoms with Crippen molar-refractivity contribution >= 4 is 23.3 Å². The number of para-hydroxylation sites is 1. The number of rotatable bonds is 3. The van der Waals surface area contributed by atoms with E-state index in [1.807, 2.05) is 35.2 Å². The van der Waals surface area contributed by atoms with Gasteiger partial charge in [0.25, 0.3) is 5.91 Å². The number of anilines is 2. The normalized spacial score (nSPS) is 14.3. The number of carbonyl (C=O) groups is 2. The molecule has 130 valence electrons. The summed E-state index contributed by atoms with van der Waals surface area (Å²) in [5.41, 5.74) is 1.16. The van der Waals surface area contributed by atoms with E-state index in [9.17, 15) is 9.59 Å². The van der Waals surface area contributed by atoms with Gasteiger partial charge in [0.05, 0.1) is 0 Å². The van der Waals surface area contributed by atoms with Crippen molar-refractivity contribution < 1.29 is 9.59 Å². The van der Waals surface area contributed by atoms with Crippen molar-refractivity contribution in [3.8, 4) is 0 Å². The largest absolute Gasteiger partial charge is 0.353 e. The van der Waals surface area contributed by atoms with Gasteiger partial charge in [-0.25, -0.2) is 9.97 Å². The molecule has 7 nitrogen and oxygen atoms in total. The zero-order valence-corrected chi connectivity index (χ0v) is 14.4. The van der Waals surface area contributed by atoms with Crippen molar-refractivity contribution in [2.75, 3.05) is 43.0 Å². The third-order valence-corrected chi connectivity index (χ3v) is 4.37. The lowest BCUT2D eigenvalue weighted by molar-refractivity contribution is -0.129. The zero-order valence-electron chi connectivity index (χ0n) is 14.4. The molecule has 0 bridgehead atoms. The summed E-state index contributed by atoms with van der Waals surface area (Å²) in [7, 11) is 1.73. The van der Waals surface area contributed by atoms with Gasteiger partial charge in [0.2, 0.25) is 5.91 Å². The van der Waals surface area contributed by atoms with Crippen molar-refractivity contribution in [2.45, 2.75) is 6.92 Å². The molecule has 2 heterocycles. The second-order valence-electron chi connectivity index (χ2n) is 5.95. The molecular weight excluding hydrogens is 318 g/mol. The third kappa shape index (κ3) is 3.76. The Morgan fingerprint density at radius 2 is 1.72 bits per heavy atom. The molecule has 0 aliphatic carbocycles. The summed E-state index contributed by atoms with van der Waals surface area (Å²) in [6, 6.07) is 11.1. The Kier molecular flexibility index (Phi) is 4.92. The Balaban J connectivity index is 1.73. The second-order valence-corrected chi connectivity index (χ2v) is 5.95. The average molecular weight is 339 g/mol. The van der Waals surface area contributed by atoms with E-state index in [2.05, 4.69) is 14.9 Å². The summed E-state index contributed by atoms with van der Waals surface area (Å²) in [5, 5.41) is 0. The molecule has 1 aromatic heterocycles. The van der Waals surface area contributed by atoms with Gasteiger partial charge < -0.3 is 14.7 Å². The van der Waals surface area contributed by atoms with Crippen LogP contribution in [0.15, 0.2) is 42.7 Å². The van der Waals surface area contributed by atoms with Crippen LogP contribution in [-0.4, -0.2) is 59.9 Å². The highest BCUT2D eigenvalue weighted by molar-refractivity contribution is 6.04. The summed E-state index contributed by atoms with van der Waals surface area (Å²) >= 11 is 0. The lowest BCUT2D eigenvalue weighted by atomic mass is 10.2. The van der Waals surface area contributed by atoms with Gasteiger partial charge in [0, 0.05) is 51.9 Å².